The van der Waals surface area contributed by atoms with E-state index in [1.165, 1.54) is 15.8 Å². The van der Waals surface area contributed by atoms with Gasteiger partial charge in [-0.25, -0.2) is 9.97 Å². The average molecular weight is 264 g/mol. The number of nitrogens with two attached hydrogens (primary N) is 1. The van der Waals surface area contributed by atoms with Gasteiger partial charge in [0.05, 0.1) is 5.39 Å². The third kappa shape index (κ3) is 2.62. The molecule has 0 saturated heterocycles. The standard InChI is InChI=1S/C13H20N4S/c1-8(4-5-14)6-15-12-11-9(2)10(3)18-13(11)17-7-16-12/h7-8H,4-6,14H2,1-3H3,(H,15,16,17). The van der Waals surface area contributed by atoms with Gasteiger partial charge in [-0.15, -0.1) is 11.3 Å². The molecule has 3 N–H and O–H groups in total. The summed E-state index contributed by atoms with van der Waals surface area (Å²) in [5.74, 6) is 1.51. The van der Waals surface area contributed by atoms with Crippen LogP contribution in [0, 0.1) is 19.8 Å². The van der Waals surface area contributed by atoms with Gasteiger partial charge in [0.15, 0.2) is 0 Å². The first kappa shape index (κ1) is 13.2. The van der Waals surface area contributed by atoms with Crippen LogP contribution < -0.4 is 11.1 Å². The highest BCUT2D eigenvalue weighted by Gasteiger charge is 2.12. The molecule has 0 amide bonds. The Labute approximate surface area is 112 Å². The van der Waals surface area contributed by atoms with Gasteiger partial charge >= 0.3 is 0 Å². The van der Waals surface area contributed by atoms with Gasteiger partial charge in [-0.3, -0.25) is 0 Å². The molecule has 0 bridgehead atoms. The van der Waals surface area contributed by atoms with Crippen molar-refractivity contribution in [1.82, 2.24) is 9.97 Å². The van der Waals surface area contributed by atoms with Gasteiger partial charge in [-0.2, -0.15) is 0 Å². The third-order valence-corrected chi connectivity index (χ3v) is 4.36. The minimum atomic E-state index is 0.556. The van der Waals surface area contributed by atoms with Gasteiger partial charge in [0.25, 0.3) is 0 Å². The second-order valence-electron chi connectivity index (χ2n) is 4.75. The summed E-state index contributed by atoms with van der Waals surface area (Å²) >= 11 is 1.73. The van der Waals surface area contributed by atoms with E-state index in [4.69, 9.17) is 5.73 Å². The number of fused-ring (bicyclic) bond motifs is 1. The van der Waals surface area contributed by atoms with Gasteiger partial charge in [0.1, 0.15) is 17.0 Å². The molecule has 4 nitrogen and oxygen atoms in total. The van der Waals surface area contributed by atoms with Crippen LogP contribution in [0.15, 0.2) is 6.33 Å². The van der Waals surface area contributed by atoms with Crippen LogP contribution in [0.1, 0.15) is 23.8 Å². The average Bonchev–Trinajstić information content (AvgIpc) is 2.64. The summed E-state index contributed by atoms with van der Waals surface area (Å²) in [6.45, 7) is 8.09. The van der Waals surface area contributed by atoms with E-state index in [1.54, 1.807) is 17.7 Å². The first-order chi connectivity index (χ1) is 8.63. The van der Waals surface area contributed by atoms with E-state index in [9.17, 15) is 0 Å². The molecule has 0 aliphatic heterocycles. The fraction of sp³-hybridized carbons (Fsp3) is 0.538. The molecule has 0 aliphatic carbocycles. The number of hydrogen-bond acceptors (Lipinski definition) is 5. The van der Waals surface area contributed by atoms with Gasteiger partial charge in [-0.1, -0.05) is 6.92 Å². The van der Waals surface area contributed by atoms with Crippen LogP contribution in [0.4, 0.5) is 5.82 Å². The lowest BCUT2D eigenvalue weighted by atomic mass is 10.1. The number of nitrogens with zero attached hydrogens (tertiary/aromatic N) is 2. The van der Waals surface area contributed by atoms with E-state index in [-0.39, 0.29) is 0 Å². The fourth-order valence-corrected chi connectivity index (χ4v) is 2.97. The van der Waals surface area contributed by atoms with Gasteiger partial charge in [-0.05, 0) is 38.3 Å². The number of anilines is 1. The van der Waals surface area contributed by atoms with Crippen molar-refractivity contribution in [1.29, 1.82) is 0 Å². The SMILES string of the molecule is Cc1sc2ncnc(NCC(C)CCN)c2c1C. The molecular weight excluding hydrogens is 244 g/mol. The molecular formula is C13H20N4S. The van der Waals surface area contributed by atoms with Gasteiger partial charge in [0.2, 0.25) is 0 Å². The molecule has 5 heteroatoms. The molecule has 2 heterocycles. The van der Waals surface area contributed by atoms with Crippen LogP contribution in [-0.2, 0) is 0 Å². The summed E-state index contributed by atoms with van der Waals surface area (Å²) in [6.07, 6.45) is 2.66. The zero-order valence-electron chi connectivity index (χ0n) is 11.2. The van der Waals surface area contributed by atoms with Crippen molar-refractivity contribution in [3.8, 4) is 0 Å². The molecule has 1 atom stereocenters. The number of thiophene rings is 1. The summed E-state index contributed by atoms with van der Waals surface area (Å²) in [4.78, 5) is 11.1. The second kappa shape index (κ2) is 5.63. The Morgan fingerprint density at radius 3 is 2.89 bits per heavy atom. The monoisotopic (exact) mass is 264 g/mol. The van der Waals surface area contributed by atoms with Crippen LogP contribution in [0.5, 0.6) is 0 Å². The summed E-state index contributed by atoms with van der Waals surface area (Å²) in [5, 5.41) is 4.59. The molecule has 2 rings (SSSR count). The molecule has 0 fully saturated rings. The van der Waals surface area contributed by atoms with E-state index >= 15 is 0 Å². The smallest absolute Gasteiger partial charge is 0.138 e. The molecule has 1 unspecified atom stereocenters. The molecule has 0 saturated carbocycles. The van der Waals surface area contributed by atoms with Crippen LogP contribution in [0.3, 0.4) is 0 Å². The molecule has 0 aromatic carbocycles. The number of hydrogen-bond donors (Lipinski definition) is 2. The van der Waals surface area contributed by atoms with Crippen molar-refractivity contribution in [3.63, 3.8) is 0 Å². The third-order valence-electron chi connectivity index (χ3n) is 3.24. The lowest BCUT2D eigenvalue weighted by molar-refractivity contribution is 0.568. The van der Waals surface area contributed by atoms with Crippen molar-refractivity contribution < 1.29 is 0 Å². The zero-order valence-corrected chi connectivity index (χ0v) is 12.0. The molecule has 2 aromatic rings. The predicted molar refractivity (Wildman–Crippen MR) is 78.2 cm³/mol. The van der Waals surface area contributed by atoms with Crippen molar-refractivity contribution in [2.45, 2.75) is 27.2 Å². The first-order valence-electron chi connectivity index (χ1n) is 6.28. The zero-order chi connectivity index (χ0) is 13.1. The topological polar surface area (TPSA) is 63.8 Å². The molecule has 18 heavy (non-hydrogen) atoms. The number of aromatic nitrogens is 2. The van der Waals surface area contributed by atoms with Gasteiger partial charge < -0.3 is 11.1 Å². The van der Waals surface area contributed by atoms with Crippen molar-refractivity contribution in [2.75, 3.05) is 18.4 Å². The predicted octanol–water partition coefficient (Wildman–Crippen LogP) is 2.70. The Hall–Kier alpha value is -1.20. The number of rotatable bonds is 5. The Morgan fingerprint density at radius 1 is 1.39 bits per heavy atom. The maximum atomic E-state index is 5.56. The summed E-state index contributed by atoms with van der Waals surface area (Å²) in [6, 6.07) is 0. The molecule has 2 aromatic heterocycles. The van der Waals surface area contributed by atoms with Crippen LogP contribution in [-0.4, -0.2) is 23.1 Å². The minimum Gasteiger partial charge on any atom is -0.369 e. The molecule has 98 valence electrons. The van der Waals surface area contributed by atoms with Gasteiger partial charge in [0, 0.05) is 11.4 Å². The summed E-state index contributed by atoms with van der Waals surface area (Å²) in [5.41, 5.74) is 6.85. The minimum absolute atomic E-state index is 0.556. The Balaban J connectivity index is 2.23. The van der Waals surface area contributed by atoms with Crippen molar-refractivity contribution in [2.24, 2.45) is 11.7 Å². The quantitative estimate of drug-likeness (QED) is 0.871. The lowest BCUT2D eigenvalue weighted by Gasteiger charge is -2.12. The first-order valence-corrected chi connectivity index (χ1v) is 7.09. The van der Waals surface area contributed by atoms with Crippen molar-refractivity contribution >= 4 is 27.4 Å². The Bertz CT molecular complexity index is 535. The highest BCUT2D eigenvalue weighted by atomic mass is 32.1. The van der Waals surface area contributed by atoms with Crippen LogP contribution >= 0.6 is 11.3 Å². The molecule has 0 spiro atoms. The summed E-state index contributed by atoms with van der Waals surface area (Å²) < 4.78 is 0. The maximum absolute atomic E-state index is 5.56. The highest BCUT2D eigenvalue weighted by molar-refractivity contribution is 7.18. The molecule has 0 aliphatic rings. The van der Waals surface area contributed by atoms with E-state index in [0.29, 0.717) is 5.92 Å². The lowest BCUT2D eigenvalue weighted by Crippen LogP contribution is -2.16. The maximum Gasteiger partial charge on any atom is 0.138 e. The summed E-state index contributed by atoms with van der Waals surface area (Å²) in [7, 11) is 0. The Kier molecular flexibility index (Phi) is 4.14. The van der Waals surface area contributed by atoms with Crippen molar-refractivity contribution in [3.05, 3.63) is 16.8 Å². The fourth-order valence-electron chi connectivity index (χ4n) is 1.97. The number of nitrogens with one attached hydrogen (secondary N) is 1. The number of aryl methyl sites for hydroxylation is 2. The Morgan fingerprint density at radius 2 is 2.17 bits per heavy atom. The largest absolute Gasteiger partial charge is 0.369 e. The van der Waals surface area contributed by atoms with Crippen LogP contribution in [0.2, 0.25) is 0 Å². The van der Waals surface area contributed by atoms with E-state index < -0.39 is 0 Å². The van der Waals surface area contributed by atoms with E-state index in [2.05, 4.69) is 36.1 Å². The van der Waals surface area contributed by atoms with E-state index in [1.807, 2.05) is 0 Å². The molecule has 0 radical (unpaired) electrons. The highest BCUT2D eigenvalue weighted by Crippen LogP contribution is 2.32. The normalized spacial score (nSPS) is 12.9. The van der Waals surface area contributed by atoms with Crippen LogP contribution in [0.25, 0.3) is 10.2 Å². The van der Waals surface area contributed by atoms with E-state index in [0.717, 1.165) is 30.2 Å². The second-order valence-corrected chi connectivity index (χ2v) is 5.95.